The molecule has 2 aromatic carbocycles. The molecule has 0 saturated carbocycles. The molecule has 1 unspecified atom stereocenters. The number of aromatic nitrogens is 1. The van der Waals surface area contributed by atoms with Gasteiger partial charge in [0, 0.05) is 23.7 Å². The molecule has 200 valence electrons. The Bertz CT molecular complexity index is 1290. The van der Waals surface area contributed by atoms with Gasteiger partial charge < -0.3 is 9.47 Å². The fourth-order valence-electron chi connectivity index (χ4n) is 6.34. The van der Waals surface area contributed by atoms with Gasteiger partial charge in [-0.15, -0.1) is 6.58 Å². The number of fused-ring (bicyclic) bond motifs is 4. The summed E-state index contributed by atoms with van der Waals surface area (Å²) in [6, 6.07) is 16.5. The highest BCUT2D eigenvalue weighted by Gasteiger charge is 2.44. The maximum atomic E-state index is 13.7. The molecule has 3 fully saturated rings. The fraction of sp³-hybridized carbons (Fsp3) is 0.455. The Kier molecular flexibility index (Phi) is 7.85. The van der Waals surface area contributed by atoms with Crippen LogP contribution >= 0.6 is 0 Å². The van der Waals surface area contributed by atoms with Crippen LogP contribution in [0.5, 0.6) is 5.75 Å². The van der Waals surface area contributed by atoms with E-state index < -0.39 is 6.10 Å². The molecule has 5 nitrogen and oxygen atoms in total. The molecule has 38 heavy (non-hydrogen) atoms. The van der Waals surface area contributed by atoms with Crippen LogP contribution in [-0.4, -0.2) is 42.1 Å². The third-order valence-corrected chi connectivity index (χ3v) is 8.51. The lowest BCUT2D eigenvalue weighted by atomic mass is 9.73. The maximum absolute atomic E-state index is 13.7. The Morgan fingerprint density at radius 1 is 1.16 bits per heavy atom. The highest BCUT2D eigenvalue weighted by molar-refractivity contribution is 5.85. The lowest BCUT2D eigenvalue weighted by Crippen LogP contribution is -2.55. The number of piperidine rings is 3. The van der Waals surface area contributed by atoms with Crippen molar-refractivity contribution in [1.29, 1.82) is 0 Å². The van der Waals surface area contributed by atoms with Crippen molar-refractivity contribution in [3.8, 4) is 5.75 Å². The molecule has 3 aliphatic rings. The van der Waals surface area contributed by atoms with E-state index in [0.717, 1.165) is 60.1 Å². The zero-order chi connectivity index (χ0) is 26.8. The van der Waals surface area contributed by atoms with Crippen molar-refractivity contribution in [2.24, 2.45) is 17.8 Å². The first-order chi connectivity index (χ1) is 18.4. The van der Waals surface area contributed by atoms with Gasteiger partial charge >= 0.3 is 5.97 Å². The first-order valence-electron chi connectivity index (χ1n) is 14.0. The van der Waals surface area contributed by atoms with Gasteiger partial charge in [0.05, 0.1) is 24.6 Å². The van der Waals surface area contributed by atoms with Gasteiger partial charge in [0.15, 0.2) is 0 Å². The fourth-order valence-corrected chi connectivity index (χ4v) is 6.34. The van der Waals surface area contributed by atoms with Crippen molar-refractivity contribution >= 4 is 16.9 Å². The summed E-state index contributed by atoms with van der Waals surface area (Å²) >= 11 is 0. The summed E-state index contributed by atoms with van der Waals surface area (Å²) in [5, 5.41) is 0.971. The molecule has 0 amide bonds. The number of rotatable bonds is 9. The molecule has 1 aromatic heterocycles. The summed E-state index contributed by atoms with van der Waals surface area (Å²) in [4.78, 5) is 20.8. The molecule has 2 bridgehead atoms. The van der Waals surface area contributed by atoms with Crippen molar-refractivity contribution in [1.82, 2.24) is 9.88 Å². The number of ether oxygens (including phenoxy) is 2. The van der Waals surface area contributed by atoms with Gasteiger partial charge in [-0.25, -0.2) is 0 Å². The summed E-state index contributed by atoms with van der Waals surface area (Å²) in [5.74, 6) is 1.88. The number of carbonyl (C=O) groups is 1. The van der Waals surface area contributed by atoms with E-state index in [1.807, 2.05) is 37.4 Å². The molecular weight excluding hydrogens is 472 g/mol. The standard InChI is InChI=1S/C33H40N2O3/c1-6-24-20-35-16-14-26(24)18-31(35)32(28-13-15-34-30-12-11-27(37-5)19-29(28)30)38-33(36)22(4)25-9-7-23(8-10-25)17-21(2)3/h6-13,15,19,21-22,24,26,31-32H,1,14,16-18,20H2,2-5H3/t22-,24+,26-,31+,32-/m0/s1. The first-order valence-corrected chi connectivity index (χ1v) is 14.0. The number of nitrogens with zero attached hydrogens (tertiary/aromatic N) is 2. The number of methoxy groups -OCH3 is 1. The van der Waals surface area contributed by atoms with Crippen molar-refractivity contribution in [2.75, 3.05) is 20.2 Å². The Hall–Kier alpha value is -3.18. The zero-order valence-electron chi connectivity index (χ0n) is 23.1. The SMILES string of the molecule is C=C[C@@H]1CN2CC[C@H]1C[C@@H]2[C@@H](OC(=O)[C@@H](C)c1ccc(CC(C)C)cc1)c1ccnc2ccc(OC)cc12. The number of benzene rings is 2. The third kappa shape index (κ3) is 5.35. The van der Waals surface area contributed by atoms with Gasteiger partial charge in [0.2, 0.25) is 0 Å². The second kappa shape index (κ2) is 11.3. The van der Waals surface area contributed by atoms with E-state index in [9.17, 15) is 4.79 Å². The minimum Gasteiger partial charge on any atom is -0.497 e. The molecule has 0 radical (unpaired) electrons. The van der Waals surface area contributed by atoms with Gasteiger partial charge in [-0.3, -0.25) is 14.7 Å². The van der Waals surface area contributed by atoms with Crippen molar-refractivity contribution < 1.29 is 14.3 Å². The number of hydrogen-bond donors (Lipinski definition) is 0. The summed E-state index contributed by atoms with van der Waals surface area (Å²) in [5.41, 5.74) is 4.15. The number of esters is 1. The molecular formula is C33H40N2O3. The van der Waals surface area contributed by atoms with Gasteiger partial charge in [-0.2, -0.15) is 0 Å². The van der Waals surface area contributed by atoms with Crippen LogP contribution in [0, 0.1) is 17.8 Å². The predicted molar refractivity (Wildman–Crippen MR) is 152 cm³/mol. The van der Waals surface area contributed by atoms with Crippen LogP contribution in [0.15, 0.2) is 67.4 Å². The molecule has 0 aliphatic carbocycles. The van der Waals surface area contributed by atoms with E-state index in [4.69, 9.17) is 9.47 Å². The van der Waals surface area contributed by atoms with E-state index in [1.54, 1.807) is 7.11 Å². The number of hydrogen-bond acceptors (Lipinski definition) is 5. The van der Waals surface area contributed by atoms with Crippen LogP contribution in [0.25, 0.3) is 10.9 Å². The van der Waals surface area contributed by atoms with Gasteiger partial charge in [-0.05, 0) is 85.9 Å². The van der Waals surface area contributed by atoms with Crippen LogP contribution < -0.4 is 4.74 Å². The molecule has 3 aliphatic heterocycles. The summed E-state index contributed by atoms with van der Waals surface area (Å²) < 4.78 is 12.0. The summed E-state index contributed by atoms with van der Waals surface area (Å²) in [6.07, 6.45) is 6.72. The summed E-state index contributed by atoms with van der Waals surface area (Å²) in [7, 11) is 1.67. The lowest BCUT2D eigenvalue weighted by Gasteiger charge is -2.51. The predicted octanol–water partition coefficient (Wildman–Crippen LogP) is 6.73. The van der Waals surface area contributed by atoms with Crippen LogP contribution in [0.3, 0.4) is 0 Å². The van der Waals surface area contributed by atoms with Gasteiger partial charge in [0.1, 0.15) is 11.9 Å². The molecule has 3 saturated heterocycles. The van der Waals surface area contributed by atoms with E-state index in [2.05, 4.69) is 60.7 Å². The van der Waals surface area contributed by atoms with Crippen LogP contribution in [-0.2, 0) is 16.0 Å². The largest absolute Gasteiger partial charge is 0.497 e. The summed E-state index contributed by atoms with van der Waals surface area (Å²) in [6.45, 7) is 12.5. The smallest absolute Gasteiger partial charge is 0.313 e. The van der Waals surface area contributed by atoms with E-state index in [1.165, 1.54) is 5.56 Å². The third-order valence-electron chi connectivity index (χ3n) is 8.51. The lowest BCUT2D eigenvalue weighted by molar-refractivity contribution is -0.158. The molecule has 3 aromatic rings. The monoisotopic (exact) mass is 512 g/mol. The average molecular weight is 513 g/mol. The van der Waals surface area contributed by atoms with Crippen molar-refractivity contribution in [2.45, 2.75) is 58.1 Å². The van der Waals surface area contributed by atoms with Gasteiger partial charge in [0.25, 0.3) is 0 Å². The zero-order valence-corrected chi connectivity index (χ0v) is 23.1. The number of pyridine rings is 1. The molecule has 6 rings (SSSR count). The van der Waals surface area contributed by atoms with E-state index in [0.29, 0.717) is 17.8 Å². The average Bonchev–Trinajstić information content (AvgIpc) is 2.95. The van der Waals surface area contributed by atoms with Crippen molar-refractivity contribution in [3.63, 3.8) is 0 Å². The Balaban J connectivity index is 1.47. The molecule has 4 heterocycles. The van der Waals surface area contributed by atoms with Gasteiger partial charge in [-0.1, -0.05) is 44.2 Å². The first kappa shape index (κ1) is 26.4. The Morgan fingerprint density at radius 3 is 2.61 bits per heavy atom. The normalized spacial score (nSPS) is 24.2. The Labute approximate surface area is 226 Å². The van der Waals surface area contributed by atoms with E-state index in [-0.39, 0.29) is 17.9 Å². The topological polar surface area (TPSA) is 51.7 Å². The second-order valence-corrected chi connectivity index (χ2v) is 11.4. The van der Waals surface area contributed by atoms with Crippen molar-refractivity contribution in [3.05, 3.63) is 84.1 Å². The molecule has 0 spiro atoms. The van der Waals surface area contributed by atoms with E-state index >= 15 is 0 Å². The minimum atomic E-state index is -0.392. The molecule has 0 N–H and O–H groups in total. The highest BCUT2D eigenvalue weighted by atomic mass is 16.5. The number of carbonyl (C=O) groups excluding carboxylic acids is 1. The molecule has 5 heteroatoms. The minimum absolute atomic E-state index is 0.117. The van der Waals surface area contributed by atoms with Crippen LogP contribution in [0.2, 0.25) is 0 Å². The van der Waals surface area contributed by atoms with Crippen LogP contribution in [0.1, 0.15) is 62.3 Å². The molecule has 6 atom stereocenters. The van der Waals surface area contributed by atoms with Crippen LogP contribution in [0.4, 0.5) is 0 Å². The quantitative estimate of drug-likeness (QED) is 0.235. The highest BCUT2D eigenvalue weighted by Crippen LogP contribution is 2.44. The Morgan fingerprint density at radius 2 is 1.95 bits per heavy atom. The second-order valence-electron chi connectivity index (χ2n) is 11.4. The maximum Gasteiger partial charge on any atom is 0.313 e.